The van der Waals surface area contributed by atoms with Crippen LogP contribution in [0.5, 0.6) is 5.75 Å². The molecule has 0 atom stereocenters. The number of aromatic nitrogens is 1. The smallest absolute Gasteiger partial charge is 0.119 e. The molecule has 2 nitrogen and oxygen atoms in total. The van der Waals surface area contributed by atoms with Crippen LogP contribution in [0.4, 0.5) is 0 Å². The van der Waals surface area contributed by atoms with E-state index in [1.54, 1.807) is 7.11 Å². The van der Waals surface area contributed by atoms with Crippen LogP contribution in [0.25, 0.3) is 10.9 Å². The van der Waals surface area contributed by atoms with Crippen molar-refractivity contribution in [2.24, 2.45) is 0 Å². The van der Waals surface area contributed by atoms with E-state index in [1.807, 2.05) is 44.3 Å². The fraction of sp³-hybridized carbons (Fsp3) is 0.308. The second-order valence-corrected chi connectivity index (χ2v) is 3.01. The number of ether oxygens (including phenoxy) is 1. The van der Waals surface area contributed by atoms with Gasteiger partial charge in [0, 0.05) is 11.6 Å². The molecule has 0 unspecified atom stereocenters. The number of aryl methyl sites for hydroxylation is 1. The van der Waals surface area contributed by atoms with Gasteiger partial charge < -0.3 is 4.74 Å². The summed E-state index contributed by atoms with van der Waals surface area (Å²) in [4.78, 5) is 4.26. The Labute approximate surface area is 90.9 Å². The molecule has 0 aliphatic carbocycles. The number of pyridine rings is 1. The molecule has 0 aliphatic heterocycles. The Morgan fingerprint density at radius 3 is 2.53 bits per heavy atom. The van der Waals surface area contributed by atoms with Crippen molar-refractivity contribution < 1.29 is 4.74 Å². The van der Waals surface area contributed by atoms with Gasteiger partial charge in [0.25, 0.3) is 0 Å². The third kappa shape index (κ3) is 2.46. The molecule has 0 saturated heterocycles. The van der Waals surface area contributed by atoms with Crippen LogP contribution < -0.4 is 4.74 Å². The minimum atomic E-state index is 0.878. The third-order valence-corrected chi connectivity index (χ3v) is 2.17. The summed E-state index contributed by atoms with van der Waals surface area (Å²) >= 11 is 0. The molecule has 0 fully saturated rings. The molecule has 2 heteroatoms. The SMILES string of the molecule is CC.COc1ccc2nccc(C)c2c1. The van der Waals surface area contributed by atoms with E-state index in [1.165, 1.54) is 5.56 Å². The average molecular weight is 203 g/mol. The maximum Gasteiger partial charge on any atom is 0.119 e. The maximum atomic E-state index is 5.15. The molecule has 80 valence electrons. The van der Waals surface area contributed by atoms with Crippen molar-refractivity contribution in [3.05, 3.63) is 36.0 Å². The predicted octanol–water partition coefficient (Wildman–Crippen LogP) is 3.58. The summed E-state index contributed by atoms with van der Waals surface area (Å²) in [6.45, 7) is 6.07. The highest BCUT2D eigenvalue weighted by Crippen LogP contribution is 2.21. The molecule has 0 spiro atoms. The van der Waals surface area contributed by atoms with E-state index < -0.39 is 0 Å². The fourth-order valence-corrected chi connectivity index (χ4v) is 1.39. The molecule has 0 saturated carbocycles. The number of hydrogen-bond donors (Lipinski definition) is 0. The molecule has 2 rings (SSSR count). The lowest BCUT2D eigenvalue weighted by Gasteiger charge is -2.03. The molecular formula is C13H17NO. The Morgan fingerprint density at radius 2 is 1.87 bits per heavy atom. The van der Waals surface area contributed by atoms with E-state index in [9.17, 15) is 0 Å². The minimum Gasteiger partial charge on any atom is -0.497 e. The Kier molecular flexibility index (Phi) is 4.10. The molecule has 1 heterocycles. The van der Waals surface area contributed by atoms with Gasteiger partial charge in [-0.15, -0.1) is 0 Å². The van der Waals surface area contributed by atoms with Crippen molar-refractivity contribution in [1.82, 2.24) is 4.98 Å². The summed E-state index contributed by atoms with van der Waals surface area (Å²) < 4.78 is 5.15. The van der Waals surface area contributed by atoms with Crippen molar-refractivity contribution in [3.63, 3.8) is 0 Å². The zero-order valence-electron chi connectivity index (χ0n) is 9.74. The summed E-state index contributed by atoms with van der Waals surface area (Å²) in [5.74, 6) is 0.878. The number of nitrogens with zero attached hydrogens (tertiary/aromatic N) is 1. The number of fused-ring (bicyclic) bond motifs is 1. The lowest BCUT2D eigenvalue weighted by Crippen LogP contribution is -1.85. The van der Waals surface area contributed by atoms with Gasteiger partial charge in [0.05, 0.1) is 12.6 Å². The van der Waals surface area contributed by atoms with E-state index in [4.69, 9.17) is 4.74 Å². The monoisotopic (exact) mass is 203 g/mol. The number of methoxy groups -OCH3 is 1. The van der Waals surface area contributed by atoms with Crippen LogP contribution in [0.3, 0.4) is 0 Å². The summed E-state index contributed by atoms with van der Waals surface area (Å²) in [5.41, 5.74) is 2.24. The van der Waals surface area contributed by atoms with Crippen molar-refractivity contribution in [2.45, 2.75) is 20.8 Å². The van der Waals surface area contributed by atoms with Crippen LogP contribution in [-0.4, -0.2) is 12.1 Å². The normalized spacial score (nSPS) is 9.33. The quantitative estimate of drug-likeness (QED) is 0.706. The molecular weight excluding hydrogens is 186 g/mol. The highest BCUT2D eigenvalue weighted by Gasteiger charge is 1.98. The lowest BCUT2D eigenvalue weighted by atomic mass is 10.1. The third-order valence-electron chi connectivity index (χ3n) is 2.17. The molecule has 2 aromatic rings. The molecule has 1 aromatic heterocycles. The standard InChI is InChI=1S/C11H11NO.C2H6/c1-8-5-6-12-11-4-3-9(13-2)7-10(8)11;1-2/h3-7H,1-2H3;1-2H3. The first-order valence-corrected chi connectivity index (χ1v) is 5.20. The van der Waals surface area contributed by atoms with Gasteiger partial charge in [-0.1, -0.05) is 13.8 Å². The zero-order valence-corrected chi connectivity index (χ0v) is 9.74. The predicted molar refractivity (Wildman–Crippen MR) is 64.4 cm³/mol. The Morgan fingerprint density at radius 1 is 1.13 bits per heavy atom. The highest BCUT2D eigenvalue weighted by atomic mass is 16.5. The number of benzene rings is 1. The summed E-state index contributed by atoms with van der Waals surface area (Å²) in [6, 6.07) is 7.91. The van der Waals surface area contributed by atoms with Gasteiger partial charge in [0.2, 0.25) is 0 Å². The van der Waals surface area contributed by atoms with Gasteiger partial charge >= 0.3 is 0 Å². The van der Waals surface area contributed by atoms with Crippen molar-refractivity contribution in [2.75, 3.05) is 7.11 Å². The summed E-state index contributed by atoms with van der Waals surface area (Å²) in [7, 11) is 1.67. The Hall–Kier alpha value is -1.57. The zero-order chi connectivity index (χ0) is 11.3. The molecule has 1 aromatic carbocycles. The van der Waals surface area contributed by atoms with E-state index in [2.05, 4.69) is 11.9 Å². The van der Waals surface area contributed by atoms with E-state index in [-0.39, 0.29) is 0 Å². The van der Waals surface area contributed by atoms with Gasteiger partial charge in [-0.2, -0.15) is 0 Å². The maximum absolute atomic E-state index is 5.15. The first kappa shape index (κ1) is 11.5. The molecule has 0 aliphatic rings. The van der Waals surface area contributed by atoms with E-state index in [0.29, 0.717) is 0 Å². The topological polar surface area (TPSA) is 22.1 Å². The first-order valence-electron chi connectivity index (χ1n) is 5.20. The van der Waals surface area contributed by atoms with Gasteiger partial charge in [-0.25, -0.2) is 0 Å². The highest BCUT2D eigenvalue weighted by molar-refractivity contribution is 5.83. The molecule has 0 N–H and O–H groups in total. The van der Waals surface area contributed by atoms with Crippen LogP contribution >= 0.6 is 0 Å². The van der Waals surface area contributed by atoms with Crippen molar-refractivity contribution in [1.29, 1.82) is 0 Å². The second-order valence-electron chi connectivity index (χ2n) is 3.01. The van der Waals surface area contributed by atoms with Crippen LogP contribution in [0.15, 0.2) is 30.5 Å². The minimum absolute atomic E-state index is 0.878. The van der Waals surface area contributed by atoms with Crippen LogP contribution in [-0.2, 0) is 0 Å². The average Bonchev–Trinajstić information content (AvgIpc) is 2.32. The van der Waals surface area contributed by atoms with Crippen LogP contribution in [0, 0.1) is 6.92 Å². The van der Waals surface area contributed by atoms with Gasteiger partial charge in [0.1, 0.15) is 5.75 Å². The van der Waals surface area contributed by atoms with Crippen LogP contribution in [0.2, 0.25) is 0 Å². The first-order chi connectivity index (χ1) is 7.31. The van der Waals surface area contributed by atoms with Crippen molar-refractivity contribution in [3.8, 4) is 5.75 Å². The number of rotatable bonds is 1. The summed E-state index contributed by atoms with van der Waals surface area (Å²) in [5, 5.41) is 1.15. The Bertz CT molecular complexity index is 437. The largest absolute Gasteiger partial charge is 0.497 e. The Balaban J connectivity index is 0.000000531. The molecule has 0 amide bonds. The van der Waals surface area contributed by atoms with Crippen molar-refractivity contribution >= 4 is 10.9 Å². The molecule has 15 heavy (non-hydrogen) atoms. The van der Waals surface area contributed by atoms with Gasteiger partial charge in [-0.3, -0.25) is 4.98 Å². The van der Waals surface area contributed by atoms with E-state index >= 15 is 0 Å². The number of hydrogen-bond acceptors (Lipinski definition) is 2. The van der Waals surface area contributed by atoms with Gasteiger partial charge in [0.15, 0.2) is 0 Å². The van der Waals surface area contributed by atoms with Crippen LogP contribution in [0.1, 0.15) is 19.4 Å². The fourth-order valence-electron chi connectivity index (χ4n) is 1.39. The molecule has 0 radical (unpaired) electrons. The van der Waals surface area contributed by atoms with Gasteiger partial charge in [-0.05, 0) is 36.8 Å². The second kappa shape index (κ2) is 5.35. The lowest BCUT2D eigenvalue weighted by molar-refractivity contribution is 0.415. The molecule has 0 bridgehead atoms. The summed E-state index contributed by atoms with van der Waals surface area (Å²) in [6.07, 6.45) is 1.82. The van der Waals surface area contributed by atoms with E-state index in [0.717, 1.165) is 16.7 Å².